The Hall–Kier alpha value is -2.17. The van der Waals surface area contributed by atoms with Crippen LogP contribution in [0.4, 0.5) is 4.39 Å². The number of benzene rings is 1. The number of esters is 1. The Bertz CT molecular complexity index is 578. The molecule has 1 aromatic heterocycles. The van der Waals surface area contributed by atoms with Crippen LogP contribution in [0.1, 0.15) is 11.1 Å². The van der Waals surface area contributed by atoms with Crippen molar-refractivity contribution in [2.75, 3.05) is 7.11 Å². The second kappa shape index (κ2) is 5.00. The number of aromatic nitrogens is 2. The molecule has 0 amide bonds. The van der Waals surface area contributed by atoms with Gasteiger partial charge >= 0.3 is 5.97 Å². The number of rotatable bonds is 3. The van der Waals surface area contributed by atoms with Crippen molar-refractivity contribution >= 4 is 5.97 Å². The van der Waals surface area contributed by atoms with Gasteiger partial charge in [0.2, 0.25) is 0 Å². The van der Waals surface area contributed by atoms with Gasteiger partial charge in [-0.3, -0.25) is 4.79 Å². The number of hydrogen-bond acceptors (Lipinski definition) is 3. The molecule has 0 unspecified atom stereocenters. The largest absolute Gasteiger partial charge is 0.469 e. The zero-order chi connectivity index (χ0) is 13.1. The van der Waals surface area contributed by atoms with E-state index in [-0.39, 0.29) is 18.2 Å². The lowest BCUT2D eigenvalue weighted by atomic mass is 10.2. The lowest BCUT2D eigenvalue weighted by Crippen LogP contribution is -2.03. The van der Waals surface area contributed by atoms with Gasteiger partial charge in [-0.15, -0.1) is 0 Å². The van der Waals surface area contributed by atoms with Crippen LogP contribution in [0.2, 0.25) is 0 Å². The maximum Gasteiger partial charge on any atom is 0.310 e. The fourth-order valence-corrected chi connectivity index (χ4v) is 1.60. The van der Waals surface area contributed by atoms with E-state index in [0.29, 0.717) is 5.56 Å². The standard InChI is InChI=1S/C13H13FN2O2/c1-9-5-11(3-4-12(9)14)16-8-10(7-15-16)6-13(17)18-2/h3-5,7-8H,6H2,1-2H3. The summed E-state index contributed by atoms with van der Waals surface area (Å²) in [6.07, 6.45) is 3.50. The summed E-state index contributed by atoms with van der Waals surface area (Å²) in [6.45, 7) is 1.69. The number of aryl methyl sites for hydroxylation is 1. The summed E-state index contributed by atoms with van der Waals surface area (Å²) in [5.74, 6) is -0.564. The average molecular weight is 248 g/mol. The maximum atomic E-state index is 13.1. The molecule has 18 heavy (non-hydrogen) atoms. The van der Waals surface area contributed by atoms with Crippen molar-refractivity contribution in [2.24, 2.45) is 0 Å². The van der Waals surface area contributed by atoms with Gasteiger partial charge in [0.05, 0.1) is 25.4 Å². The number of carbonyl (C=O) groups excluding carboxylic acids is 1. The average Bonchev–Trinajstić information content (AvgIpc) is 2.81. The Balaban J connectivity index is 2.23. The summed E-state index contributed by atoms with van der Waals surface area (Å²) < 4.78 is 19.3. The van der Waals surface area contributed by atoms with Crippen molar-refractivity contribution in [3.05, 3.63) is 47.5 Å². The van der Waals surface area contributed by atoms with Crippen LogP contribution in [0.5, 0.6) is 0 Å². The third-order valence-corrected chi connectivity index (χ3v) is 2.62. The highest BCUT2D eigenvalue weighted by atomic mass is 19.1. The minimum Gasteiger partial charge on any atom is -0.469 e. The molecule has 0 bridgehead atoms. The molecule has 1 heterocycles. The molecule has 2 rings (SSSR count). The minimum absolute atomic E-state index is 0.177. The molecular formula is C13H13FN2O2. The number of carbonyl (C=O) groups is 1. The zero-order valence-electron chi connectivity index (χ0n) is 10.2. The molecule has 94 valence electrons. The Labute approximate surface area is 104 Å². The quantitative estimate of drug-likeness (QED) is 0.781. The van der Waals surface area contributed by atoms with Crippen molar-refractivity contribution < 1.29 is 13.9 Å². The first kappa shape index (κ1) is 12.3. The van der Waals surface area contributed by atoms with Gasteiger partial charge in [0, 0.05) is 11.8 Å². The first-order valence-corrected chi connectivity index (χ1v) is 5.47. The molecule has 0 saturated heterocycles. The lowest BCUT2D eigenvalue weighted by Gasteiger charge is -2.03. The summed E-state index contributed by atoms with van der Waals surface area (Å²) in [6, 6.07) is 4.73. The van der Waals surface area contributed by atoms with Crippen LogP contribution in [0.15, 0.2) is 30.6 Å². The number of hydrogen-bond donors (Lipinski definition) is 0. The van der Waals surface area contributed by atoms with Gasteiger partial charge in [-0.2, -0.15) is 5.10 Å². The summed E-state index contributed by atoms with van der Waals surface area (Å²) >= 11 is 0. The predicted molar refractivity (Wildman–Crippen MR) is 64.0 cm³/mol. The highest BCUT2D eigenvalue weighted by Gasteiger charge is 2.07. The van der Waals surface area contributed by atoms with E-state index in [2.05, 4.69) is 9.84 Å². The van der Waals surface area contributed by atoms with Crippen molar-refractivity contribution in [3.8, 4) is 5.69 Å². The highest BCUT2D eigenvalue weighted by molar-refractivity contribution is 5.72. The third kappa shape index (κ3) is 2.56. The summed E-state index contributed by atoms with van der Waals surface area (Å²) in [5.41, 5.74) is 2.06. The number of methoxy groups -OCH3 is 1. The first-order chi connectivity index (χ1) is 8.60. The van der Waals surface area contributed by atoms with Crippen LogP contribution in [0.3, 0.4) is 0 Å². The van der Waals surface area contributed by atoms with Crippen LogP contribution >= 0.6 is 0 Å². The number of nitrogens with zero attached hydrogens (tertiary/aromatic N) is 2. The molecule has 0 aliphatic heterocycles. The Morgan fingerprint density at radius 3 is 2.94 bits per heavy atom. The molecule has 4 nitrogen and oxygen atoms in total. The first-order valence-electron chi connectivity index (χ1n) is 5.47. The molecule has 0 aliphatic rings. The Kier molecular flexibility index (Phi) is 3.41. The van der Waals surface area contributed by atoms with Gasteiger partial charge in [-0.25, -0.2) is 9.07 Å². The van der Waals surface area contributed by atoms with E-state index < -0.39 is 0 Å². The number of ether oxygens (including phenoxy) is 1. The molecule has 0 N–H and O–H groups in total. The maximum absolute atomic E-state index is 13.1. The van der Waals surface area contributed by atoms with E-state index in [1.165, 1.54) is 13.2 Å². The fourth-order valence-electron chi connectivity index (χ4n) is 1.60. The fraction of sp³-hybridized carbons (Fsp3) is 0.231. The third-order valence-electron chi connectivity index (χ3n) is 2.62. The van der Waals surface area contributed by atoms with Gasteiger partial charge in [0.1, 0.15) is 5.82 Å². The molecule has 0 fully saturated rings. The summed E-state index contributed by atoms with van der Waals surface area (Å²) in [4.78, 5) is 11.1. The number of halogens is 1. The smallest absolute Gasteiger partial charge is 0.310 e. The summed E-state index contributed by atoms with van der Waals surface area (Å²) in [5, 5.41) is 4.13. The van der Waals surface area contributed by atoms with Crippen molar-refractivity contribution in [3.63, 3.8) is 0 Å². The molecule has 0 saturated carbocycles. The Morgan fingerprint density at radius 1 is 1.50 bits per heavy atom. The normalized spacial score (nSPS) is 10.4. The van der Waals surface area contributed by atoms with E-state index in [1.807, 2.05) is 0 Å². The van der Waals surface area contributed by atoms with Crippen LogP contribution in [0.25, 0.3) is 5.69 Å². The minimum atomic E-state index is -0.315. The topological polar surface area (TPSA) is 44.1 Å². The molecule has 0 atom stereocenters. The second-order valence-corrected chi connectivity index (χ2v) is 3.98. The van der Waals surface area contributed by atoms with Gasteiger partial charge in [-0.1, -0.05) is 0 Å². The van der Waals surface area contributed by atoms with E-state index >= 15 is 0 Å². The highest BCUT2D eigenvalue weighted by Crippen LogP contribution is 2.13. The molecule has 2 aromatic rings. The molecular weight excluding hydrogens is 235 g/mol. The van der Waals surface area contributed by atoms with Crippen LogP contribution in [-0.2, 0) is 16.0 Å². The van der Waals surface area contributed by atoms with Crippen molar-refractivity contribution in [2.45, 2.75) is 13.3 Å². The molecule has 0 radical (unpaired) electrons. The van der Waals surface area contributed by atoms with Crippen molar-refractivity contribution in [1.82, 2.24) is 9.78 Å². The van der Waals surface area contributed by atoms with E-state index in [9.17, 15) is 9.18 Å². The lowest BCUT2D eigenvalue weighted by molar-refractivity contribution is -0.139. The zero-order valence-corrected chi connectivity index (χ0v) is 10.2. The van der Waals surface area contributed by atoms with E-state index in [1.54, 1.807) is 36.1 Å². The van der Waals surface area contributed by atoms with Gasteiger partial charge in [0.15, 0.2) is 0 Å². The van der Waals surface area contributed by atoms with Crippen molar-refractivity contribution in [1.29, 1.82) is 0 Å². The predicted octanol–water partition coefficient (Wildman–Crippen LogP) is 2.04. The summed E-state index contributed by atoms with van der Waals surface area (Å²) in [7, 11) is 1.34. The van der Waals surface area contributed by atoms with Crippen LogP contribution in [-0.4, -0.2) is 22.9 Å². The van der Waals surface area contributed by atoms with Gasteiger partial charge < -0.3 is 4.74 Å². The van der Waals surface area contributed by atoms with E-state index in [4.69, 9.17) is 0 Å². The SMILES string of the molecule is COC(=O)Cc1cnn(-c2ccc(F)c(C)c2)c1. The van der Waals surface area contributed by atoms with Gasteiger partial charge in [-0.05, 0) is 30.7 Å². The molecule has 0 aliphatic carbocycles. The van der Waals surface area contributed by atoms with E-state index in [0.717, 1.165) is 11.3 Å². The molecule has 5 heteroatoms. The molecule has 1 aromatic carbocycles. The molecule has 0 spiro atoms. The monoisotopic (exact) mass is 248 g/mol. The van der Waals surface area contributed by atoms with Crippen LogP contribution in [0, 0.1) is 12.7 Å². The Morgan fingerprint density at radius 2 is 2.28 bits per heavy atom. The second-order valence-electron chi connectivity index (χ2n) is 3.98. The van der Waals surface area contributed by atoms with Gasteiger partial charge in [0.25, 0.3) is 0 Å². The van der Waals surface area contributed by atoms with Crippen LogP contribution < -0.4 is 0 Å².